The predicted molar refractivity (Wildman–Crippen MR) is 104 cm³/mol. The highest BCUT2D eigenvalue weighted by molar-refractivity contribution is 5.94. The number of likely N-dealkylation sites (tertiary alicyclic amines) is 1. The van der Waals surface area contributed by atoms with Gasteiger partial charge in [-0.3, -0.25) is 4.79 Å². The molecule has 1 N–H and O–H groups in total. The van der Waals surface area contributed by atoms with E-state index in [1.165, 1.54) is 6.42 Å². The van der Waals surface area contributed by atoms with Crippen LogP contribution in [0.4, 0.5) is 11.6 Å². The highest BCUT2D eigenvalue weighted by Gasteiger charge is 2.26. The number of rotatable bonds is 6. The van der Waals surface area contributed by atoms with Crippen LogP contribution < -0.4 is 14.8 Å². The Bertz CT molecular complexity index is 779. The molecule has 3 rings (SSSR count). The van der Waals surface area contributed by atoms with Crippen LogP contribution in [-0.4, -0.2) is 47.6 Å². The summed E-state index contributed by atoms with van der Waals surface area (Å²) in [6.45, 7) is 2.94. The molecule has 1 amide bonds. The van der Waals surface area contributed by atoms with Crippen molar-refractivity contribution >= 4 is 17.5 Å². The molecule has 0 aliphatic carbocycles. The summed E-state index contributed by atoms with van der Waals surface area (Å²) >= 11 is 0. The van der Waals surface area contributed by atoms with Crippen molar-refractivity contribution < 1.29 is 14.3 Å². The molecule has 1 aromatic heterocycles. The van der Waals surface area contributed by atoms with E-state index in [1.807, 2.05) is 11.0 Å². The number of piperidine rings is 1. The highest BCUT2D eigenvalue weighted by Crippen LogP contribution is 2.30. The standard InChI is InChI=1S/C20H26N4O3/c1-4-16-7-5-6-10-24(16)19(25)14-12-21-20(22-13-14)23-15-8-9-17(26-2)18(11-15)27-3/h8-9,11-13,16H,4-7,10H2,1-3H3,(H,21,22,23). The Balaban J connectivity index is 1.71. The first-order chi connectivity index (χ1) is 13.2. The summed E-state index contributed by atoms with van der Waals surface area (Å²) in [7, 11) is 3.18. The average molecular weight is 370 g/mol. The van der Waals surface area contributed by atoms with Gasteiger partial charge in [0.2, 0.25) is 5.95 Å². The Labute approximate surface area is 159 Å². The Kier molecular flexibility index (Phi) is 6.11. The third kappa shape index (κ3) is 4.30. The Morgan fingerprint density at radius 1 is 1.19 bits per heavy atom. The van der Waals surface area contributed by atoms with Gasteiger partial charge < -0.3 is 19.7 Å². The third-order valence-corrected chi connectivity index (χ3v) is 4.90. The van der Waals surface area contributed by atoms with Gasteiger partial charge in [0.1, 0.15) is 0 Å². The van der Waals surface area contributed by atoms with Gasteiger partial charge in [-0.1, -0.05) is 6.92 Å². The van der Waals surface area contributed by atoms with E-state index in [1.54, 1.807) is 38.7 Å². The predicted octanol–water partition coefficient (Wildman–Crippen LogP) is 3.64. The smallest absolute Gasteiger partial charge is 0.257 e. The fourth-order valence-corrected chi connectivity index (χ4v) is 3.40. The summed E-state index contributed by atoms with van der Waals surface area (Å²) in [5.74, 6) is 1.70. The van der Waals surface area contributed by atoms with Crippen molar-refractivity contribution in [1.82, 2.24) is 14.9 Å². The fraction of sp³-hybridized carbons (Fsp3) is 0.450. The zero-order valence-electron chi connectivity index (χ0n) is 16.1. The van der Waals surface area contributed by atoms with Crippen LogP contribution in [0, 0.1) is 0 Å². The summed E-state index contributed by atoms with van der Waals surface area (Å²) in [5, 5.41) is 3.11. The molecule has 27 heavy (non-hydrogen) atoms. The molecular weight excluding hydrogens is 344 g/mol. The highest BCUT2D eigenvalue weighted by atomic mass is 16.5. The topological polar surface area (TPSA) is 76.6 Å². The van der Waals surface area contributed by atoms with Gasteiger partial charge in [-0.2, -0.15) is 0 Å². The van der Waals surface area contributed by atoms with E-state index in [0.29, 0.717) is 29.1 Å². The van der Waals surface area contributed by atoms with Gasteiger partial charge in [-0.05, 0) is 37.8 Å². The quantitative estimate of drug-likeness (QED) is 0.836. The first-order valence-corrected chi connectivity index (χ1v) is 9.28. The largest absolute Gasteiger partial charge is 0.493 e. The molecule has 0 radical (unpaired) electrons. The molecule has 1 aliphatic heterocycles. The fourth-order valence-electron chi connectivity index (χ4n) is 3.40. The van der Waals surface area contributed by atoms with Crippen LogP contribution >= 0.6 is 0 Å². The minimum absolute atomic E-state index is 0.0132. The molecule has 1 unspecified atom stereocenters. The number of anilines is 2. The lowest BCUT2D eigenvalue weighted by molar-refractivity contribution is 0.0607. The maximum absolute atomic E-state index is 12.8. The number of nitrogens with zero attached hydrogens (tertiary/aromatic N) is 3. The van der Waals surface area contributed by atoms with Crippen LogP contribution in [-0.2, 0) is 0 Å². The molecule has 1 saturated heterocycles. The van der Waals surface area contributed by atoms with Crippen molar-refractivity contribution in [2.75, 3.05) is 26.1 Å². The monoisotopic (exact) mass is 370 g/mol. The van der Waals surface area contributed by atoms with E-state index in [9.17, 15) is 4.79 Å². The number of methoxy groups -OCH3 is 2. The van der Waals surface area contributed by atoms with Crippen molar-refractivity contribution in [3.63, 3.8) is 0 Å². The molecule has 2 heterocycles. The van der Waals surface area contributed by atoms with Crippen LogP contribution in [0.15, 0.2) is 30.6 Å². The van der Waals surface area contributed by atoms with Gasteiger partial charge in [0.25, 0.3) is 5.91 Å². The molecule has 0 spiro atoms. The number of aromatic nitrogens is 2. The first kappa shape index (κ1) is 18.9. The lowest BCUT2D eigenvalue weighted by atomic mass is 9.99. The van der Waals surface area contributed by atoms with Gasteiger partial charge in [-0.25, -0.2) is 9.97 Å². The summed E-state index contributed by atoms with van der Waals surface area (Å²) < 4.78 is 10.5. The normalized spacial score (nSPS) is 16.7. The van der Waals surface area contributed by atoms with Crippen molar-refractivity contribution in [3.05, 3.63) is 36.2 Å². The maximum Gasteiger partial charge on any atom is 0.257 e. The van der Waals surface area contributed by atoms with Crippen LogP contribution in [0.2, 0.25) is 0 Å². The molecule has 7 nitrogen and oxygen atoms in total. The van der Waals surface area contributed by atoms with Crippen molar-refractivity contribution in [3.8, 4) is 11.5 Å². The second-order valence-electron chi connectivity index (χ2n) is 6.55. The molecule has 1 fully saturated rings. The van der Waals surface area contributed by atoms with Crippen LogP contribution in [0.5, 0.6) is 11.5 Å². The summed E-state index contributed by atoms with van der Waals surface area (Å²) in [5.41, 5.74) is 1.29. The van der Waals surface area contributed by atoms with E-state index in [4.69, 9.17) is 9.47 Å². The third-order valence-electron chi connectivity index (χ3n) is 4.90. The maximum atomic E-state index is 12.8. The molecule has 144 valence electrons. The van der Waals surface area contributed by atoms with Gasteiger partial charge in [0.15, 0.2) is 11.5 Å². The Morgan fingerprint density at radius 2 is 1.93 bits per heavy atom. The molecule has 2 aromatic rings. The number of hydrogen-bond donors (Lipinski definition) is 1. The number of ether oxygens (including phenoxy) is 2. The summed E-state index contributed by atoms with van der Waals surface area (Å²) in [4.78, 5) is 23.3. The van der Waals surface area contributed by atoms with Gasteiger partial charge in [0, 0.05) is 36.7 Å². The van der Waals surface area contributed by atoms with Crippen molar-refractivity contribution in [2.24, 2.45) is 0 Å². The molecule has 1 aliphatic rings. The van der Waals surface area contributed by atoms with E-state index in [2.05, 4.69) is 22.2 Å². The number of benzene rings is 1. The zero-order valence-corrected chi connectivity index (χ0v) is 16.1. The van der Waals surface area contributed by atoms with Crippen molar-refractivity contribution in [1.29, 1.82) is 0 Å². The SMILES string of the molecule is CCC1CCCCN1C(=O)c1cnc(Nc2ccc(OC)c(OC)c2)nc1. The second-order valence-corrected chi connectivity index (χ2v) is 6.55. The Hall–Kier alpha value is -2.83. The summed E-state index contributed by atoms with van der Waals surface area (Å²) in [6.07, 6.45) is 7.46. The minimum atomic E-state index is 0.0132. The molecule has 0 saturated carbocycles. The molecular formula is C20H26N4O3. The number of carbonyl (C=O) groups is 1. The van der Waals surface area contributed by atoms with Gasteiger partial charge in [-0.15, -0.1) is 0 Å². The minimum Gasteiger partial charge on any atom is -0.493 e. The van der Waals surface area contributed by atoms with Crippen LogP contribution in [0.1, 0.15) is 43.0 Å². The molecule has 0 bridgehead atoms. The summed E-state index contributed by atoms with van der Waals surface area (Å²) in [6, 6.07) is 5.78. The van der Waals surface area contributed by atoms with E-state index in [-0.39, 0.29) is 5.91 Å². The van der Waals surface area contributed by atoms with Crippen molar-refractivity contribution in [2.45, 2.75) is 38.6 Å². The van der Waals surface area contributed by atoms with Gasteiger partial charge in [0.05, 0.1) is 19.8 Å². The second kappa shape index (κ2) is 8.70. The van der Waals surface area contributed by atoms with Crippen LogP contribution in [0.25, 0.3) is 0 Å². The van der Waals surface area contributed by atoms with Crippen LogP contribution in [0.3, 0.4) is 0 Å². The number of carbonyl (C=O) groups excluding carboxylic acids is 1. The average Bonchev–Trinajstić information content (AvgIpc) is 2.73. The lowest BCUT2D eigenvalue weighted by Gasteiger charge is -2.35. The van der Waals surface area contributed by atoms with Gasteiger partial charge >= 0.3 is 0 Å². The van der Waals surface area contributed by atoms with E-state index in [0.717, 1.165) is 31.5 Å². The lowest BCUT2D eigenvalue weighted by Crippen LogP contribution is -2.43. The zero-order chi connectivity index (χ0) is 19.2. The Morgan fingerprint density at radius 3 is 2.59 bits per heavy atom. The number of nitrogens with one attached hydrogen (secondary N) is 1. The number of amides is 1. The number of hydrogen-bond acceptors (Lipinski definition) is 6. The van der Waals surface area contributed by atoms with E-state index >= 15 is 0 Å². The molecule has 1 aromatic carbocycles. The first-order valence-electron chi connectivity index (χ1n) is 9.28. The molecule has 7 heteroatoms. The molecule has 1 atom stereocenters. The van der Waals surface area contributed by atoms with E-state index < -0.39 is 0 Å².